The first-order valence-electron chi connectivity index (χ1n) is 4.96. The quantitative estimate of drug-likeness (QED) is 0.623. The molecule has 0 unspecified atom stereocenters. The molecule has 0 saturated carbocycles. The lowest BCUT2D eigenvalue weighted by Crippen LogP contribution is -2.36. The van der Waals surface area contributed by atoms with Crippen LogP contribution in [0.3, 0.4) is 0 Å². The minimum atomic E-state index is -3.71. The topological polar surface area (TPSA) is 109 Å². The molecule has 0 spiro atoms. The molecule has 0 atom stereocenters. The van der Waals surface area contributed by atoms with E-state index in [2.05, 4.69) is 0 Å². The molecule has 0 radical (unpaired) electrons. The fourth-order valence-electron chi connectivity index (χ4n) is 1.10. The molecule has 1 N–H and O–H groups in total. The molecule has 0 fully saturated rings. The molecule has 0 saturated heterocycles. The number of hydrogen-bond donors (Lipinski definition) is 1. The summed E-state index contributed by atoms with van der Waals surface area (Å²) < 4.78 is 46.1. The van der Waals surface area contributed by atoms with Crippen LogP contribution in [0.5, 0.6) is 0 Å². The maximum Gasteiger partial charge on any atom is 0.304 e. The maximum atomic E-state index is 11.7. The Balaban J connectivity index is 4.59. The Morgan fingerprint density at radius 3 is 2.06 bits per heavy atom. The van der Waals surface area contributed by atoms with Gasteiger partial charge in [-0.05, 0) is 0 Å². The monoisotopic (exact) mass is 287 g/mol. The summed E-state index contributed by atoms with van der Waals surface area (Å²) in [5.74, 6) is -2.07. The first-order valence-corrected chi connectivity index (χ1v) is 8.63. The summed E-state index contributed by atoms with van der Waals surface area (Å²) in [6.45, 7) is 1.55. The summed E-state index contributed by atoms with van der Waals surface area (Å²) in [5.41, 5.74) is 0. The van der Waals surface area contributed by atoms with E-state index in [0.717, 1.165) is 10.6 Å². The molecule has 102 valence electrons. The van der Waals surface area contributed by atoms with E-state index < -0.39 is 37.3 Å². The lowest BCUT2D eigenvalue weighted by atomic mass is 10.4. The molecule has 7 nitrogen and oxygen atoms in total. The van der Waals surface area contributed by atoms with Gasteiger partial charge in [-0.15, -0.1) is 0 Å². The van der Waals surface area contributed by atoms with E-state index in [1.165, 1.54) is 0 Å². The van der Waals surface area contributed by atoms with Gasteiger partial charge >= 0.3 is 5.97 Å². The van der Waals surface area contributed by atoms with Crippen molar-refractivity contribution >= 4 is 25.8 Å². The van der Waals surface area contributed by atoms with E-state index in [4.69, 9.17) is 5.11 Å². The third-order valence-corrected chi connectivity index (χ3v) is 5.18. The number of sulfone groups is 1. The van der Waals surface area contributed by atoms with Gasteiger partial charge in [0.15, 0.2) is 0 Å². The smallest absolute Gasteiger partial charge is 0.304 e. The predicted molar refractivity (Wildman–Crippen MR) is 63.0 cm³/mol. The van der Waals surface area contributed by atoms with E-state index in [1.807, 2.05) is 0 Å². The fourth-order valence-corrected chi connectivity index (χ4v) is 4.17. The summed E-state index contributed by atoms with van der Waals surface area (Å²) in [6, 6.07) is 0. The summed E-state index contributed by atoms with van der Waals surface area (Å²) in [5, 5.41) is 8.47. The van der Waals surface area contributed by atoms with Gasteiger partial charge in [0, 0.05) is 19.3 Å². The highest BCUT2D eigenvalue weighted by molar-refractivity contribution is 7.93. The Labute approximate surface area is 101 Å². The first kappa shape index (κ1) is 16.3. The van der Waals surface area contributed by atoms with Crippen molar-refractivity contribution in [2.45, 2.75) is 13.3 Å². The van der Waals surface area contributed by atoms with E-state index in [9.17, 15) is 21.6 Å². The second-order valence-electron chi connectivity index (χ2n) is 3.58. The van der Waals surface area contributed by atoms with E-state index >= 15 is 0 Å². The number of aliphatic carboxylic acids is 1. The predicted octanol–water partition coefficient (Wildman–Crippen LogP) is -0.843. The Hall–Kier alpha value is -0.670. The van der Waals surface area contributed by atoms with Crippen molar-refractivity contribution in [3.63, 3.8) is 0 Å². The van der Waals surface area contributed by atoms with Gasteiger partial charge in [0.2, 0.25) is 10.0 Å². The molecule has 0 aliphatic heterocycles. The molecule has 0 aliphatic rings. The van der Waals surface area contributed by atoms with Gasteiger partial charge in [0.05, 0.1) is 17.9 Å². The van der Waals surface area contributed by atoms with Crippen LogP contribution in [-0.4, -0.2) is 63.1 Å². The summed E-state index contributed by atoms with van der Waals surface area (Å²) in [6.07, 6.45) is 0.655. The van der Waals surface area contributed by atoms with Crippen LogP contribution in [0.4, 0.5) is 0 Å². The van der Waals surface area contributed by atoms with Gasteiger partial charge in [-0.25, -0.2) is 21.1 Å². The van der Waals surface area contributed by atoms with Crippen LogP contribution in [0.2, 0.25) is 0 Å². The number of sulfonamides is 1. The molecular formula is C8H17NO6S2. The van der Waals surface area contributed by atoms with Crippen molar-refractivity contribution < 1.29 is 26.7 Å². The molecule has 0 heterocycles. The highest BCUT2D eigenvalue weighted by Gasteiger charge is 2.22. The zero-order valence-electron chi connectivity index (χ0n) is 9.79. The number of nitrogens with zero attached hydrogens (tertiary/aromatic N) is 1. The van der Waals surface area contributed by atoms with Crippen LogP contribution < -0.4 is 0 Å². The molecular weight excluding hydrogens is 270 g/mol. The Bertz CT molecular complexity index is 452. The summed E-state index contributed by atoms with van der Waals surface area (Å²) in [7, 11) is -7.06. The van der Waals surface area contributed by atoms with Gasteiger partial charge in [0.25, 0.3) is 0 Å². The average molecular weight is 287 g/mol. The van der Waals surface area contributed by atoms with Gasteiger partial charge in [0.1, 0.15) is 9.84 Å². The van der Waals surface area contributed by atoms with Gasteiger partial charge in [-0.1, -0.05) is 6.92 Å². The van der Waals surface area contributed by atoms with E-state index in [1.54, 1.807) is 6.92 Å². The van der Waals surface area contributed by atoms with Gasteiger partial charge < -0.3 is 5.11 Å². The average Bonchev–Trinajstić information content (AvgIpc) is 2.14. The van der Waals surface area contributed by atoms with Crippen molar-refractivity contribution in [1.82, 2.24) is 4.31 Å². The number of rotatable bonds is 8. The Kier molecular flexibility index (Phi) is 6.06. The van der Waals surface area contributed by atoms with Crippen molar-refractivity contribution in [2.75, 3.05) is 30.9 Å². The molecule has 0 aliphatic carbocycles. The number of carboxylic acid groups (broad SMARTS) is 1. The van der Waals surface area contributed by atoms with Crippen molar-refractivity contribution in [1.29, 1.82) is 0 Å². The molecule has 17 heavy (non-hydrogen) atoms. The second-order valence-corrected chi connectivity index (χ2v) is 7.93. The van der Waals surface area contributed by atoms with Crippen molar-refractivity contribution in [2.24, 2.45) is 0 Å². The van der Waals surface area contributed by atoms with Gasteiger partial charge in [-0.3, -0.25) is 4.79 Å². The summed E-state index contributed by atoms with van der Waals surface area (Å²) >= 11 is 0. The van der Waals surface area contributed by atoms with Crippen molar-refractivity contribution in [3.05, 3.63) is 0 Å². The van der Waals surface area contributed by atoms with Crippen LogP contribution in [0.15, 0.2) is 0 Å². The summed E-state index contributed by atoms with van der Waals surface area (Å²) in [4.78, 5) is 10.3. The van der Waals surface area contributed by atoms with Gasteiger partial charge in [-0.2, -0.15) is 0 Å². The molecule has 0 bridgehead atoms. The maximum absolute atomic E-state index is 11.7. The molecule has 9 heteroatoms. The van der Waals surface area contributed by atoms with Crippen molar-refractivity contribution in [3.8, 4) is 0 Å². The number of carboxylic acids is 1. The highest BCUT2D eigenvalue weighted by atomic mass is 32.2. The second kappa shape index (κ2) is 6.31. The van der Waals surface area contributed by atoms with Crippen LogP contribution in [0, 0.1) is 0 Å². The van der Waals surface area contributed by atoms with E-state index in [0.29, 0.717) is 0 Å². The molecule has 0 amide bonds. The number of carbonyl (C=O) groups is 1. The zero-order valence-corrected chi connectivity index (χ0v) is 11.4. The minimum Gasteiger partial charge on any atom is -0.481 e. The zero-order chi connectivity index (χ0) is 13.7. The molecule has 0 aromatic carbocycles. The first-order chi connectivity index (χ1) is 7.58. The van der Waals surface area contributed by atoms with E-state index in [-0.39, 0.29) is 19.5 Å². The lowest BCUT2D eigenvalue weighted by molar-refractivity contribution is -0.137. The van der Waals surface area contributed by atoms with Crippen LogP contribution >= 0.6 is 0 Å². The molecule has 0 aromatic heterocycles. The lowest BCUT2D eigenvalue weighted by Gasteiger charge is -2.19. The Morgan fingerprint density at radius 2 is 1.71 bits per heavy atom. The minimum absolute atomic E-state index is 0.124. The molecule has 0 aromatic rings. The van der Waals surface area contributed by atoms with Crippen LogP contribution in [-0.2, 0) is 24.7 Å². The third-order valence-electron chi connectivity index (χ3n) is 2.03. The number of hydrogen-bond acceptors (Lipinski definition) is 5. The standard InChI is InChI=1S/C8H17NO6S2/c1-3-9(5-4-8(10)11)17(14,15)7-6-16(2,12)13/h3-7H2,1-2H3,(H,10,11). The largest absolute Gasteiger partial charge is 0.481 e. The third kappa shape index (κ3) is 7.29. The highest BCUT2D eigenvalue weighted by Crippen LogP contribution is 2.04. The van der Waals surface area contributed by atoms with Crippen LogP contribution in [0.25, 0.3) is 0 Å². The Morgan fingerprint density at radius 1 is 1.18 bits per heavy atom. The molecule has 0 rings (SSSR count). The van der Waals surface area contributed by atoms with Crippen LogP contribution in [0.1, 0.15) is 13.3 Å². The fraction of sp³-hybridized carbons (Fsp3) is 0.875. The SMILES string of the molecule is CCN(CCC(=O)O)S(=O)(=O)CCS(C)(=O)=O. The normalized spacial score (nSPS) is 12.9.